The van der Waals surface area contributed by atoms with Crippen LogP contribution in [0.15, 0.2) is 0 Å². The third-order valence-corrected chi connectivity index (χ3v) is 3.47. The second kappa shape index (κ2) is 8.48. The van der Waals surface area contributed by atoms with Gasteiger partial charge in [0, 0.05) is 6.54 Å². The van der Waals surface area contributed by atoms with Crippen molar-refractivity contribution in [2.24, 2.45) is 0 Å². The molecule has 0 aliphatic carbocycles. The summed E-state index contributed by atoms with van der Waals surface area (Å²) in [4.78, 5) is 14.2. The van der Waals surface area contributed by atoms with Gasteiger partial charge in [-0.25, -0.2) is 0 Å². The van der Waals surface area contributed by atoms with Gasteiger partial charge in [-0.15, -0.1) is 0 Å². The average molecular weight is 241 g/mol. The van der Waals surface area contributed by atoms with Crippen molar-refractivity contribution < 1.29 is 4.79 Å². The van der Waals surface area contributed by atoms with Crippen LogP contribution in [-0.2, 0) is 4.79 Å². The highest BCUT2D eigenvalue weighted by Crippen LogP contribution is 2.06. The molecule has 0 radical (unpaired) electrons. The molecule has 17 heavy (non-hydrogen) atoms. The van der Waals surface area contributed by atoms with E-state index < -0.39 is 0 Å². The predicted molar refractivity (Wildman–Crippen MR) is 71.1 cm³/mol. The SMILES string of the molecule is CCN(CC)CCCNC(=O)C1CCCCN1. The van der Waals surface area contributed by atoms with Crippen molar-refractivity contribution in [1.82, 2.24) is 15.5 Å². The number of rotatable bonds is 7. The predicted octanol–water partition coefficient (Wildman–Crippen LogP) is 0.977. The molecule has 0 saturated carbocycles. The number of piperidine rings is 1. The van der Waals surface area contributed by atoms with Crippen LogP contribution in [0.2, 0.25) is 0 Å². The van der Waals surface area contributed by atoms with E-state index in [9.17, 15) is 4.79 Å². The molecule has 1 aliphatic rings. The molecule has 4 nitrogen and oxygen atoms in total. The summed E-state index contributed by atoms with van der Waals surface area (Å²) in [5, 5.41) is 6.30. The van der Waals surface area contributed by atoms with E-state index >= 15 is 0 Å². The first-order valence-electron chi connectivity index (χ1n) is 7.01. The highest BCUT2D eigenvalue weighted by molar-refractivity contribution is 5.81. The number of carbonyl (C=O) groups excluding carboxylic acids is 1. The Balaban J connectivity index is 2.07. The molecular weight excluding hydrogens is 214 g/mol. The standard InChI is InChI=1S/C13H27N3O/c1-3-16(4-2)11-7-10-15-13(17)12-8-5-6-9-14-12/h12,14H,3-11H2,1-2H3,(H,15,17). The summed E-state index contributed by atoms with van der Waals surface area (Å²) < 4.78 is 0. The lowest BCUT2D eigenvalue weighted by Gasteiger charge is -2.23. The Morgan fingerprint density at radius 3 is 2.71 bits per heavy atom. The number of amides is 1. The van der Waals surface area contributed by atoms with Gasteiger partial charge < -0.3 is 15.5 Å². The van der Waals surface area contributed by atoms with E-state index in [1.807, 2.05) is 0 Å². The molecule has 1 amide bonds. The summed E-state index contributed by atoms with van der Waals surface area (Å²) >= 11 is 0. The number of carbonyl (C=O) groups is 1. The molecule has 0 aromatic heterocycles. The molecule has 0 aromatic rings. The van der Waals surface area contributed by atoms with Crippen molar-refractivity contribution in [3.05, 3.63) is 0 Å². The van der Waals surface area contributed by atoms with E-state index in [0.29, 0.717) is 0 Å². The summed E-state index contributed by atoms with van der Waals surface area (Å²) in [6.45, 7) is 9.39. The first kappa shape index (κ1) is 14.5. The highest BCUT2D eigenvalue weighted by atomic mass is 16.2. The van der Waals surface area contributed by atoms with Crippen molar-refractivity contribution in [3.8, 4) is 0 Å². The fourth-order valence-corrected chi connectivity index (χ4v) is 2.25. The highest BCUT2D eigenvalue weighted by Gasteiger charge is 2.19. The smallest absolute Gasteiger partial charge is 0.237 e. The Morgan fingerprint density at radius 2 is 2.12 bits per heavy atom. The maximum atomic E-state index is 11.8. The first-order valence-corrected chi connectivity index (χ1v) is 7.01. The number of hydrogen-bond donors (Lipinski definition) is 2. The fourth-order valence-electron chi connectivity index (χ4n) is 2.25. The van der Waals surface area contributed by atoms with Crippen LogP contribution in [-0.4, -0.2) is 49.6 Å². The van der Waals surface area contributed by atoms with Gasteiger partial charge in [0.1, 0.15) is 0 Å². The first-order chi connectivity index (χ1) is 8.27. The third-order valence-electron chi connectivity index (χ3n) is 3.47. The second-order valence-electron chi connectivity index (χ2n) is 4.67. The number of nitrogens with one attached hydrogen (secondary N) is 2. The van der Waals surface area contributed by atoms with E-state index in [1.165, 1.54) is 12.8 Å². The molecule has 4 heteroatoms. The zero-order chi connectivity index (χ0) is 12.5. The van der Waals surface area contributed by atoms with Crippen molar-refractivity contribution in [3.63, 3.8) is 0 Å². The van der Waals surface area contributed by atoms with E-state index in [0.717, 1.165) is 45.6 Å². The molecule has 1 heterocycles. The Labute approximate surface area is 105 Å². The fraction of sp³-hybridized carbons (Fsp3) is 0.923. The van der Waals surface area contributed by atoms with Gasteiger partial charge in [0.2, 0.25) is 5.91 Å². The van der Waals surface area contributed by atoms with Crippen LogP contribution in [0.1, 0.15) is 39.5 Å². The lowest BCUT2D eigenvalue weighted by atomic mass is 10.0. The van der Waals surface area contributed by atoms with Gasteiger partial charge >= 0.3 is 0 Å². The minimum absolute atomic E-state index is 0.0530. The Bertz CT molecular complexity index is 211. The van der Waals surface area contributed by atoms with E-state index in [2.05, 4.69) is 29.4 Å². The minimum atomic E-state index is 0.0530. The molecule has 1 aliphatic heterocycles. The Morgan fingerprint density at radius 1 is 1.35 bits per heavy atom. The quantitative estimate of drug-likeness (QED) is 0.653. The van der Waals surface area contributed by atoms with Crippen LogP contribution in [0.3, 0.4) is 0 Å². The van der Waals surface area contributed by atoms with Crippen LogP contribution in [0.5, 0.6) is 0 Å². The second-order valence-corrected chi connectivity index (χ2v) is 4.67. The van der Waals surface area contributed by atoms with Crippen molar-refractivity contribution in [2.75, 3.05) is 32.7 Å². The van der Waals surface area contributed by atoms with Crippen molar-refractivity contribution in [2.45, 2.75) is 45.6 Å². The van der Waals surface area contributed by atoms with E-state index in [4.69, 9.17) is 0 Å². The molecule has 0 spiro atoms. The van der Waals surface area contributed by atoms with Crippen molar-refractivity contribution in [1.29, 1.82) is 0 Å². The van der Waals surface area contributed by atoms with Gasteiger partial charge in [-0.2, -0.15) is 0 Å². The maximum Gasteiger partial charge on any atom is 0.237 e. The zero-order valence-corrected chi connectivity index (χ0v) is 11.3. The van der Waals surface area contributed by atoms with Gasteiger partial charge in [-0.3, -0.25) is 4.79 Å². The van der Waals surface area contributed by atoms with Crippen LogP contribution in [0.4, 0.5) is 0 Å². The summed E-state index contributed by atoms with van der Waals surface area (Å²) in [6.07, 6.45) is 4.40. The van der Waals surface area contributed by atoms with Crippen LogP contribution >= 0.6 is 0 Å². The van der Waals surface area contributed by atoms with Gasteiger partial charge in [0.25, 0.3) is 0 Å². The molecule has 1 unspecified atom stereocenters. The minimum Gasteiger partial charge on any atom is -0.355 e. The van der Waals surface area contributed by atoms with Crippen LogP contribution < -0.4 is 10.6 Å². The molecule has 100 valence electrons. The molecule has 2 N–H and O–H groups in total. The Kier molecular flexibility index (Phi) is 7.21. The summed E-state index contributed by atoms with van der Waals surface area (Å²) in [5.74, 6) is 0.184. The maximum absolute atomic E-state index is 11.8. The summed E-state index contributed by atoms with van der Waals surface area (Å²) in [7, 11) is 0. The third kappa shape index (κ3) is 5.50. The molecule has 1 rings (SSSR count). The molecule has 0 aromatic carbocycles. The van der Waals surface area contributed by atoms with Gasteiger partial charge in [0.15, 0.2) is 0 Å². The Hall–Kier alpha value is -0.610. The van der Waals surface area contributed by atoms with E-state index in [1.54, 1.807) is 0 Å². The van der Waals surface area contributed by atoms with Crippen molar-refractivity contribution >= 4 is 5.91 Å². The lowest BCUT2D eigenvalue weighted by molar-refractivity contribution is -0.123. The summed E-state index contributed by atoms with van der Waals surface area (Å²) in [5.41, 5.74) is 0. The molecule has 1 saturated heterocycles. The summed E-state index contributed by atoms with van der Waals surface area (Å²) in [6, 6.07) is 0.0530. The normalized spacial score (nSPS) is 20.5. The topological polar surface area (TPSA) is 44.4 Å². The largest absolute Gasteiger partial charge is 0.355 e. The zero-order valence-electron chi connectivity index (χ0n) is 11.3. The molecule has 0 bridgehead atoms. The van der Waals surface area contributed by atoms with Gasteiger partial charge in [-0.05, 0) is 45.4 Å². The van der Waals surface area contributed by atoms with Crippen LogP contribution in [0.25, 0.3) is 0 Å². The molecule has 1 atom stereocenters. The van der Waals surface area contributed by atoms with Gasteiger partial charge in [0.05, 0.1) is 6.04 Å². The molecular formula is C13H27N3O. The van der Waals surface area contributed by atoms with Crippen LogP contribution in [0, 0.1) is 0 Å². The average Bonchev–Trinajstić information content (AvgIpc) is 2.40. The van der Waals surface area contributed by atoms with Gasteiger partial charge in [-0.1, -0.05) is 20.3 Å². The number of nitrogens with zero attached hydrogens (tertiary/aromatic N) is 1. The molecule has 1 fully saturated rings. The van der Waals surface area contributed by atoms with E-state index in [-0.39, 0.29) is 11.9 Å². The number of hydrogen-bond acceptors (Lipinski definition) is 3. The monoisotopic (exact) mass is 241 g/mol. The lowest BCUT2D eigenvalue weighted by Crippen LogP contribution is -2.47.